The lowest BCUT2D eigenvalue weighted by atomic mass is 10.1. The number of rotatable bonds is 4. The van der Waals surface area contributed by atoms with Crippen LogP contribution in [0.5, 0.6) is 0 Å². The van der Waals surface area contributed by atoms with E-state index in [2.05, 4.69) is 0 Å². The fourth-order valence-electron chi connectivity index (χ4n) is 2.17. The maximum Gasteiger partial charge on any atom is 0.134 e. The topological polar surface area (TPSA) is 45.9 Å². The van der Waals surface area contributed by atoms with Crippen molar-refractivity contribution in [1.29, 1.82) is 5.41 Å². The van der Waals surface area contributed by atoms with Gasteiger partial charge in [0, 0.05) is 29.0 Å². The molecule has 0 fully saturated rings. The standard InChI is InChI=1S/C15H15ClN2O/c1-10(19)7-12-8-15(9-17)18(11(12)2)14-5-3-13(16)4-6-14/h3-6,8-9,17H,7H2,1-2H3. The van der Waals surface area contributed by atoms with E-state index in [1.165, 1.54) is 6.21 Å². The van der Waals surface area contributed by atoms with Gasteiger partial charge in [-0.2, -0.15) is 0 Å². The van der Waals surface area contributed by atoms with E-state index < -0.39 is 0 Å². The first-order valence-electron chi connectivity index (χ1n) is 6.00. The largest absolute Gasteiger partial charge is 0.313 e. The molecule has 1 heterocycles. The smallest absolute Gasteiger partial charge is 0.134 e. The van der Waals surface area contributed by atoms with Crippen molar-refractivity contribution >= 4 is 23.6 Å². The summed E-state index contributed by atoms with van der Waals surface area (Å²) < 4.78 is 1.96. The zero-order valence-electron chi connectivity index (χ0n) is 10.9. The maximum atomic E-state index is 11.3. The van der Waals surface area contributed by atoms with Crippen LogP contribution in [0.3, 0.4) is 0 Å². The molecule has 0 atom stereocenters. The van der Waals surface area contributed by atoms with Crippen LogP contribution in [-0.2, 0) is 11.2 Å². The van der Waals surface area contributed by atoms with Crippen molar-refractivity contribution in [2.45, 2.75) is 20.3 Å². The van der Waals surface area contributed by atoms with Crippen molar-refractivity contribution in [1.82, 2.24) is 4.57 Å². The molecule has 3 nitrogen and oxygen atoms in total. The van der Waals surface area contributed by atoms with Crippen molar-refractivity contribution in [3.05, 3.63) is 52.3 Å². The summed E-state index contributed by atoms with van der Waals surface area (Å²) in [7, 11) is 0. The van der Waals surface area contributed by atoms with Crippen LogP contribution in [-0.4, -0.2) is 16.6 Å². The molecule has 2 aromatic rings. The average Bonchev–Trinajstić information content (AvgIpc) is 2.67. The second-order valence-corrected chi connectivity index (χ2v) is 4.95. The molecular weight excluding hydrogens is 260 g/mol. The maximum absolute atomic E-state index is 11.3. The number of aromatic nitrogens is 1. The third-order valence-electron chi connectivity index (χ3n) is 3.05. The first-order valence-corrected chi connectivity index (χ1v) is 6.38. The Hall–Kier alpha value is -1.87. The Kier molecular flexibility index (Phi) is 3.86. The highest BCUT2D eigenvalue weighted by atomic mass is 35.5. The number of carbonyl (C=O) groups is 1. The number of ketones is 1. The van der Waals surface area contributed by atoms with E-state index >= 15 is 0 Å². The summed E-state index contributed by atoms with van der Waals surface area (Å²) in [6.07, 6.45) is 1.69. The summed E-state index contributed by atoms with van der Waals surface area (Å²) >= 11 is 5.89. The number of halogens is 1. The second kappa shape index (κ2) is 5.41. The van der Waals surface area contributed by atoms with Crippen molar-refractivity contribution in [2.75, 3.05) is 0 Å². The van der Waals surface area contributed by atoms with Crippen molar-refractivity contribution in [3.63, 3.8) is 0 Å². The molecule has 98 valence electrons. The van der Waals surface area contributed by atoms with Crippen LogP contribution in [0.2, 0.25) is 5.02 Å². The Bertz CT molecular complexity index is 626. The summed E-state index contributed by atoms with van der Waals surface area (Å²) in [5.41, 5.74) is 3.64. The Morgan fingerprint density at radius 3 is 2.53 bits per heavy atom. The van der Waals surface area contributed by atoms with E-state index in [0.29, 0.717) is 11.4 Å². The fraction of sp³-hybridized carbons (Fsp3) is 0.200. The summed E-state index contributed by atoms with van der Waals surface area (Å²) in [5, 5.41) is 8.19. The van der Waals surface area contributed by atoms with Gasteiger partial charge in [-0.3, -0.25) is 4.79 Å². The van der Waals surface area contributed by atoms with Gasteiger partial charge in [-0.15, -0.1) is 0 Å². The Morgan fingerprint density at radius 1 is 1.37 bits per heavy atom. The van der Waals surface area contributed by atoms with Gasteiger partial charge in [-0.25, -0.2) is 0 Å². The van der Waals surface area contributed by atoms with Gasteiger partial charge in [-0.1, -0.05) is 11.6 Å². The van der Waals surface area contributed by atoms with Gasteiger partial charge in [0.05, 0.1) is 5.69 Å². The highest BCUT2D eigenvalue weighted by molar-refractivity contribution is 6.30. The zero-order valence-corrected chi connectivity index (χ0v) is 11.7. The number of Topliss-reactive ketones (excluding diaryl/α,β-unsaturated/α-hetero) is 1. The van der Waals surface area contributed by atoms with Gasteiger partial charge in [0.25, 0.3) is 0 Å². The highest BCUT2D eigenvalue weighted by Gasteiger charge is 2.13. The molecule has 19 heavy (non-hydrogen) atoms. The van der Waals surface area contributed by atoms with Crippen LogP contribution in [0.25, 0.3) is 5.69 Å². The fourth-order valence-corrected chi connectivity index (χ4v) is 2.30. The molecule has 0 amide bonds. The van der Waals surface area contributed by atoms with Crippen molar-refractivity contribution in [3.8, 4) is 5.69 Å². The predicted octanol–water partition coefficient (Wildman–Crippen LogP) is 3.57. The van der Waals surface area contributed by atoms with Gasteiger partial charge in [0.2, 0.25) is 0 Å². The molecule has 0 saturated carbocycles. The van der Waals surface area contributed by atoms with Gasteiger partial charge in [-0.05, 0) is 49.7 Å². The minimum atomic E-state index is 0.118. The first kappa shape index (κ1) is 13.6. The molecule has 0 radical (unpaired) electrons. The Balaban J connectivity index is 2.55. The van der Waals surface area contributed by atoms with Crippen molar-refractivity contribution < 1.29 is 4.79 Å². The lowest BCUT2D eigenvalue weighted by molar-refractivity contribution is -0.116. The summed E-state index contributed by atoms with van der Waals surface area (Å²) in [6.45, 7) is 3.53. The average molecular weight is 275 g/mol. The number of nitrogens with one attached hydrogen (secondary N) is 1. The van der Waals surface area contributed by atoms with E-state index in [9.17, 15) is 4.79 Å². The second-order valence-electron chi connectivity index (χ2n) is 4.51. The molecule has 4 heteroatoms. The molecule has 0 aliphatic carbocycles. The molecule has 0 aliphatic rings. The SMILES string of the molecule is CC(=O)Cc1cc(C=N)n(-c2ccc(Cl)cc2)c1C. The third-order valence-corrected chi connectivity index (χ3v) is 3.30. The van der Waals surface area contributed by atoms with Crippen LogP contribution < -0.4 is 0 Å². The molecule has 1 aromatic heterocycles. The number of hydrogen-bond acceptors (Lipinski definition) is 2. The van der Waals surface area contributed by atoms with Crippen LogP contribution in [0.1, 0.15) is 23.9 Å². The summed E-state index contributed by atoms with van der Waals surface area (Å²) in [5.74, 6) is 0.118. The first-order chi connectivity index (χ1) is 9.02. The lowest BCUT2D eigenvalue weighted by Crippen LogP contribution is -2.02. The minimum Gasteiger partial charge on any atom is -0.313 e. The van der Waals surface area contributed by atoms with Crippen LogP contribution in [0.15, 0.2) is 30.3 Å². The quantitative estimate of drug-likeness (QED) is 0.851. The zero-order chi connectivity index (χ0) is 14.0. The molecule has 0 saturated heterocycles. The molecular formula is C15H15ClN2O. The molecule has 0 unspecified atom stereocenters. The van der Waals surface area contributed by atoms with Gasteiger partial charge < -0.3 is 9.98 Å². The molecule has 0 bridgehead atoms. The van der Waals surface area contributed by atoms with Gasteiger partial charge in [0.15, 0.2) is 0 Å². The summed E-state index contributed by atoms with van der Waals surface area (Å²) in [4.78, 5) is 11.3. The normalized spacial score (nSPS) is 10.5. The summed E-state index contributed by atoms with van der Waals surface area (Å²) in [6, 6.07) is 9.32. The van der Waals surface area contributed by atoms with Gasteiger partial charge in [0.1, 0.15) is 5.78 Å². The number of hydrogen-bond donors (Lipinski definition) is 1. The monoisotopic (exact) mass is 274 g/mol. The number of nitrogens with zero attached hydrogens (tertiary/aromatic N) is 1. The molecule has 1 aromatic carbocycles. The van der Waals surface area contributed by atoms with Crippen LogP contribution in [0.4, 0.5) is 0 Å². The Labute approximate surface area is 117 Å². The van der Waals surface area contributed by atoms with Gasteiger partial charge >= 0.3 is 0 Å². The minimum absolute atomic E-state index is 0.118. The van der Waals surface area contributed by atoms with Crippen molar-refractivity contribution in [2.24, 2.45) is 0 Å². The molecule has 0 spiro atoms. The third kappa shape index (κ3) is 2.76. The molecule has 1 N–H and O–H groups in total. The predicted molar refractivity (Wildman–Crippen MR) is 77.8 cm³/mol. The lowest BCUT2D eigenvalue weighted by Gasteiger charge is -2.09. The Morgan fingerprint density at radius 2 is 2.00 bits per heavy atom. The van der Waals surface area contributed by atoms with E-state index in [1.807, 2.05) is 41.8 Å². The van der Waals surface area contributed by atoms with E-state index in [0.717, 1.165) is 22.6 Å². The number of benzene rings is 1. The molecule has 0 aliphatic heterocycles. The highest BCUT2D eigenvalue weighted by Crippen LogP contribution is 2.22. The molecule has 2 rings (SSSR count). The van der Waals surface area contributed by atoms with E-state index in [1.54, 1.807) is 6.92 Å². The number of carbonyl (C=O) groups excluding carboxylic acids is 1. The van der Waals surface area contributed by atoms with E-state index in [-0.39, 0.29) is 5.78 Å². The van der Waals surface area contributed by atoms with E-state index in [4.69, 9.17) is 17.0 Å². The van der Waals surface area contributed by atoms with Crippen LogP contribution >= 0.6 is 11.6 Å². The van der Waals surface area contributed by atoms with Crippen LogP contribution in [0, 0.1) is 12.3 Å².